The van der Waals surface area contributed by atoms with Crippen molar-refractivity contribution in [3.8, 4) is 0 Å². The Bertz CT molecular complexity index is 67.3. The van der Waals surface area contributed by atoms with Gasteiger partial charge in [0.2, 0.25) is 5.91 Å². The molecule has 1 aliphatic rings. The number of hydrogen-bond donors (Lipinski definition) is 2. The molecular formula is C3H6NO2S. The maximum Gasteiger partial charge on any atom is 0.249 e. The van der Waals surface area contributed by atoms with E-state index in [4.69, 9.17) is 10.2 Å². The minimum Gasteiger partial charge on any atom is -0.352 e. The molecular weight excluding hydrogens is 114 g/mol. The third-order valence-electron chi connectivity index (χ3n) is 0.740. The van der Waals surface area contributed by atoms with Crippen LogP contribution >= 0.6 is 11.9 Å². The number of hydrogen-bond acceptors (Lipinski definition) is 3. The lowest BCUT2D eigenvalue weighted by Crippen LogP contribution is -2.30. The van der Waals surface area contributed by atoms with E-state index in [9.17, 15) is 0 Å². The van der Waals surface area contributed by atoms with Crippen molar-refractivity contribution in [2.24, 2.45) is 0 Å². The van der Waals surface area contributed by atoms with Crippen LogP contribution in [-0.2, 0) is 0 Å². The second kappa shape index (κ2) is 1.63. The van der Waals surface area contributed by atoms with Crippen molar-refractivity contribution >= 4 is 11.9 Å². The zero-order valence-electron chi connectivity index (χ0n) is 3.66. The highest BCUT2D eigenvalue weighted by Gasteiger charge is 2.29. The number of rotatable bonds is 0. The topological polar surface area (TPSA) is 54.6 Å². The number of aliphatic hydroxyl groups is 2. The van der Waals surface area contributed by atoms with E-state index < -0.39 is 5.91 Å². The summed E-state index contributed by atoms with van der Waals surface area (Å²) in [6.07, 6.45) is 0.359. The molecule has 0 aromatic rings. The third kappa shape index (κ3) is 1.31. The Morgan fingerprint density at radius 2 is 2.29 bits per heavy atom. The van der Waals surface area contributed by atoms with Crippen molar-refractivity contribution in [1.29, 1.82) is 0 Å². The third-order valence-corrected chi connectivity index (χ3v) is 1.55. The molecule has 0 bridgehead atoms. The largest absolute Gasteiger partial charge is 0.352 e. The van der Waals surface area contributed by atoms with Gasteiger partial charge in [0.15, 0.2) is 0 Å². The molecule has 0 spiro atoms. The van der Waals surface area contributed by atoms with Gasteiger partial charge in [0.25, 0.3) is 0 Å². The van der Waals surface area contributed by atoms with Gasteiger partial charge < -0.3 is 10.2 Å². The lowest BCUT2D eigenvalue weighted by Gasteiger charge is -2.08. The van der Waals surface area contributed by atoms with E-state index in [1.54, 1.807) is 0 Å². The first-order valence-corrected chi connectivity index (χ1v) is 2.94. The molecule has 7 heavy (non-hydrogen) atoms. The van der Waals surface area contributed by atoms with Crippen LogP contribution in [0, 0.1) is 0 Å². The lowest BCUT2D eigenvalue weighted by atomic mass is 10.4. The van der Waals surface area contributed by atoms with E-state index >= 15 is 0 Å². The van der Waals surface area contributed by atoms with Crippen LogP contribution in [0.1, 0.15) is 6.42 Å². The molecule has 1 aliphatic heterocycles. The van der Waals surface area contributed by atoms with Crippen LogP contribution < -0.4 is 4.72 Å². The first-order valence-electron chi connectivity index (χ1n) is 2.00. The van der Waals surface area contributed by atoms with Crippen LogP contribution in [0.25, 0.3) is 0 Å². The molecule has 4 heteroatoms. The van der Waals surface area contributed by atoms with Crippen molar-refractivity contribution in [3.63, 3.8) is 0 Å². The molecule has 1 saturated heterocycles. The monoisotopic (exact) mass is 120 g/mol. The first-order chi connectivity index (χ1) is 3.21. The predicted octanol–water partition coefficient (Wildman–Crippen LogP) is -0.719. The van der Waals surface area contributed by atoms with Gasteiger partial charge in [-0.2, -0.15) is 0 Å². The smallest absolute Gasteiger partial charge is 0.249 e. The molecule has 3 nitrogen and oxygen atoms in total. The normalized spacial score (nSPS) is 28.3. The zero-order chi connectivity index (χ0) is 5.33. The van der Waals surface area contributed by atoms with E-state index in [-0.39, 0.29) is 0 Å². The van der Waals surface area contributed by atoms with Crippen LogP contribution in [0.4, 0.5) is 0 Å². The van der Waals surface area contributed by atoms with Gasteiger partial charge in [-0.1, -0.05) is 11.9 Å². The Kier molecular flexibility index (Phi) is 1.25. The Hall–Kier alpha value is 0.230. The van der Waals surface area contributed by atoms with Crippen LogP contribution in [0.2, 0.25) is 0 Å². The van der Waals surface area contributed by atoms with Gasteiger partial charge in [0.05, 0.1) is 0 Å². The minimum atomic E-state index is -1.72. The Morgan fingerprint density at radius 1 is 1.57 bits per heavy atom. The van der Waals surface area contributed by atoms with E-state index in [1.807, 2.05) is 0 Å². The summed E-state index contributed by atoms with van der Waals surface area (Å²) in [4.78, 5) is 0. The summed E-state index contributed by atoms with van der Waals surface area (Å²) in [6, 6.07) is 0. The van der Waals surface area contributed by atoms with Crippen LogP contribution in [0.15, 0.2) is 0 Å². The molecule has 1 rings (SSSR count). The molecule has 0 aliphatic carbocycles. The van der Waals surface area contributed by atoms with Gasteiger partial charge in [-0.25, -0.2) is 0 Å². The molecule has 1 radical (unpaired) electrons. The number of nitrogens with zero attached hydrogens (tertiary/aromatic N) is 1. The summed E-state index contributed by atoms with van der Waals surface area (Å²) in [6.45, 7) is 0. The lowest BCUT2D eigenvalue weighted by molar-refractivity contribution is -0.164. The van der Waals surface area contributed by atoms with E-state index in [0.717, 1.165) is 0 Å². The molecule has 0 aromatic carbocycles. The highest BCUT2D eigenvalue weighted by molar-refractivity contribution is 7.97. The Morgan fingerprint density at radius 3 is 2.43 bits per heavy atom. The molecule has 2 N–H and O–H groups in total. The van der Waals surface area contributed by atoms with Crippen molar-refractivity contribution in [3.05, 3.63) is 0 Å². The zero-order valence-corrected chi connectivity index (χ0v) is 4.48. The van der Waals surface area contributed by atoms with Gasteiger partial charge >= 0.3 is 0 Å². The summed E-state index contributed by atoms with van der Waals surface area (Å²) in [7, 11) is 0. The van der Waals surface area contributed by atoms with Gasteiger partial charge in [-0.15, -0.1) is 4.72 Å². The molecule has 0 unspecified atom stereocenters. The van der Waals surface area contributed by atoms with Gasteiger partial charge in [-0.3, -0.25) is 0 Å². The Balaban J connectivity index is 2.40. The van der Waals surface area contributed by atoms with Crippen molar-refractivity contribution < 1.29 is 10.2 Å². The molecule has 41 valence electrons. The average molecular weight is 120 g/mol. The van der Waals surface area contributed by atoms with Crippen molar-refractivity contribution in [2.75, 3.05) is 5.75 Å². The Labute approximate surface area is 45.9 Å². The standard InChI is InChI=1S/C3H6NO2S/c5-3(6)1-2-7-4-3/h5-6H,1-2H2. The predicted molar refractivity (Wildman–Crippen MR) is 26.4 cm³/mol. The van der Waals surface area contributed by atoms with Crippen molar-refractivity contribution in [1.82, 2.24) is 4.72 Å². The second-order valence-electron chi connectivity index (χ2n) is 1.45. The highest BCUT2D eigenvalue weighted by Crippen LogP contribution is 2.20. The maximum atomic E-state index is 8.56. The SMILES string of the molecule is OC1(O)CCS[N]1. The maximum absolute atomic E-state index is 8.56. The molecule has 0 saturated carbocycles. The highest BCUT2D eigenvalue weighted by atomic mass is 32.2. The molecule has 1 heterocycles. The van der Waals surface area contributed by atoms with Gasteiger partial charge in [0.1, 0.15) is 0 Å². The second-order valence-corrected chi connectivity index (χ2v) is 2.30. The van der Waals surface area contributed by atoms with Crippen LogP contribution in [-0.4, -0.2) is 21.9 Å². The fourth-order valence-electron chi connectivity index (χ4n) is 0.377. The van der Waals surface area contributed by atoms with Gasteiger partial charge in [-0.05, 0) is 0 Å². The molecule has 0 atom stereocenters. The summed E-state index contributed by atoms with van der Waals surface area (Å²) in [5.41, 5.74) is 0. The fraction of sp³-hybridized carbons (Fsp3) is 1.00. The van der Waals surface area contributed by atoms with E-state index in [2.05, 4.69) is 4.72 Å². The summed E-state index contributed by atoms with van der Waals surface area (Å²) in [5, 5.41) is 17.1. The molecule has 1 fully saturated rings. The van der Waals surface area contributed by atoms with Gasteiger partial charge in [0, 0.05) is 12.2 Å². The summed E-state index contributed by atoms with van der Waals surface area (Å²) >= 11 is 1.21. The molecule has 0 amide bonds. The fourth-order valence-corrected chi connectivity index (χ4v) is 1.13. The quantitative estimate of drug-likeness (QED) is 0.327. The summed E-state index contributed by atoms with van der Waals surface area (Å²) in [5.74, 6) is -1.00. The van der Waals surface area contributed by atoms with Crippen molar-refractivity contribution in [2.45, 2.75) is 12.3 Å². The van der Waals surface area contributed by atoms with E-state index in [1.165, 1.54) is 11.9 Å². The first kappa shape index (κ1) is 5.37. The minimum absolute atomic E-state index is 0.359. The summed E-state index contributed by atoms with van der Waals surface area (Å²) < 4.78 is 3.40. The van der Waals surface area contributed by atoms with Crippen LogP contribution in [0.3, 0.4) is 0 Å². The van der Waals surface area contributed by atoms with Crippen LogP contribution in [0.5, 0.6) is 0 Å². The van der Waals surface area contributed by atoms with E-state index in [0.29, 0.717) is 12.2 Å². The average Bonchev–Trinajstić information content (AvgIpc) is 1.84. The molecule has 0 aromatic heterocycles.